The van der Waals surface area contributed by atoms with E-state index in [1.54, 1.807) is 29.2 Å². The van der Waals surface area contributed by atoms with E-state index in [9.17, 15) is 35.9 Å². The number of aromatic nitrogens is 6. The Bertz CT molecular complexity index is 2640. The molecule has 0 radical (unpaired) electrons. The van der Waals surface area contributed by atoms with Crippen molar-refractivity contribution in [1.29, 1.82) is 0 Å². The van der Waals surface area contributed by atoms with Crippen LogP contribution in [0, 0.1) is 0 Å². The lowest BCUT2D eigenvalue weighted by Gasteiger charge is -2.32. The average molecular weight is 782 g/mol. The summed E-state index contributed by atoms with van der Waals surface area (Å²) >= 11 is 0. The number of hydrogen-bond acceptors (Lipinski definition) is 10. The molecule has 2 aliphatic heterocycles. The molecule has 2 aliphatic rings. The van der Waals surface area contributed by atoms with Crippen LogP contribution in [0.2, 0.25) is 0 Å². The molecule has 57 heavy (non-hydrogen) atoms. The van der Waals surface area contributed by atoms with Gasteiger partial charge in [-0.3, -0.25) is 15.0 Å². The highest BCUT2D eigenvalue weighted by Crippen LogP contribution is 2.38. The number of allylic oxidation sites excluding steroid dienone is 2. The number of halogens is 6. The van der Waals surface area contributed by atoms with Crippen LogP contribution in [-0.4, -0.2) is 51.5 Å². The molecule has 0 aliphatic carbocycles. The molecule has 6 heterocycles. The molecule has 0 fully saturated rings. The molecule has 286 valence electrons. The van der Waals surface area contributed by atoms with Gasteiger partial charge in [-0.1, -0.05) is 42.5 Å². The third kappa shape index (κ3) is 7.32. The number of carbonyl (C=O) groups excluding carboxylic acids is 2. The normalized spacial score (nSPS) is 14.0. The Morgan fingerprint density at radius 3 is 2.18 bits per heavy atom. The summed E-state index contributed by atoms with van der Waals surface area (Å²) in [4.78, 5) is 37.4. The number of nitrogens with zero attached hydrogens (tertiary/aromatic N) is 8. The summed E-state index contributed by atoms with van der Waals surface area (Å²) in [6.45, 7) is 0.0249. The Morgan fingerprint density at radius 2 is 1.44 bits per heavy atom. The Morgan fingerprint density at radius 1 is 0.737 bits per heavy atom. The van der Waals surface area contributed by atoms with E-state index in [4.69, 9.17) is 0 Å². The number of carbonyl (C=O) groups is 2. The largest absolute Gasteiger partial charge is 0.417 e. The van der Waals surface area contributed by atoms with E-state index in [0.29, 0.717) is 11.5 Å². The second kappa shape index (κ2) is 14.3. The van der Waals surface area contributed by atoms with E-state index in [1.165, 1.54) is 90.3 Å². The van der Waals surface area contributed by atoms with Gasteiger partial charge in [-0.15, -0.1) is 5.10 Å². The molecule has 3 N–H and O–H groups in total. The standard InChI is InChI=1S/C38H25F6N11O2/c39-37(40,41)25-10-3-1-8-23(25)27-14-16-33-45-19-29(54(33)51-27)35(56)48-31-12-5-7-22(47-31)20-53-21-30(36(57)49-32-13-6-18-46-50-32)55-34(53)17-15-28(52-55)24-9-2-4-11-26(24)38(42,43)44/h1-19,21,52H,20H2,(H,47,48,56)(H,49,50,57). The van der Waals surface area contributed by atoms with Gasteiger partial charge < -0.3 is 15.5 Å². The van der Waals surface area contributed by atoms with Gasteiger partial charge in [0.05, 0.1) is 41.0 Å². The van der Waals surface area contributed by atoms with Crippen molar-refractivity contribution < 1.29 is 35.9 Å². The maximum Gasteiger partial charge on any atom is 0.417 e. The van der Waals surface area contributed by atoms with E-state index in [2.05, 4.69) is 41.3 Å². The summed E-state index contributed by atoms with van der Waals surface area (Å²) in [5.74, 6) is -0.748. The zero-order chi connectivity index (χ0) is 39.9. The lowest BCUT2D eigenvalue weighted by atomic mass is 10.0. The van der Waals surface area contributed by atoms with E-state index in [0.717, 1.165) is 16.6 Å². The topological polar surface area (TPSA) is 146 Å². The molecule has 0 unspecified atom stereocenters. The second-order valence-corrected chi connectivity index (χ2v) is 12.4. The first-order chi connectivity index (χ1) is 27.3. The molecule has 6 aromatic rings. The van der Waals surface area contributed by atoms with Crippen LogP contribution in [0.15, 0.2) is 133 Å². The smallest absolute Gasteiger partial charge is 0.325 e. The molecule has 2 aromatic carbocycles. The van der Waals surface area contributed by atoms with Gasteiger partial charge in [0.1, 0.15) is 17.3 Å². The fourth-order valence-corrected chi connectivity index (χ4v) is 6.19. The number of anilines is 2. The van der Waals surface area contributed by atoms with Gasteiger partial charge in [0, 0.05) is 23.5 Å². The van der Waals surface area contributed by atoms with Crippen LogP contribution in [0.1, 0.15) is 32.9 Å². The number of benzene rings is 2. The van der Waals surface area contributed by atoms with E-state index >= 15 is 0 Å². The van der Waals surface area contributed by atoms with E-state index in [-0.39, 0.29) is 57.7 Å². The van der Waals surface area contributed by atoms with Gasteiger partial charge in [0.15, 0.2) is 17.2 Å². The summed E-state index contributed by atoms with van der Waals surface area (Å²) in [6, 6.07) is 20.7. The Hall–Kier alpha value is -7.57. The van der Waals surface area contributed by atoms with Crippen molar-refractivity contribution in [3.05, 3.63) is 161 Å². The molecule has 19 heteroatoms. The molecule has 13 nitrogen and oxygen atoms in total. The Balaban J connectivity index is 1.07. The minimum atomic E-state index is -4.65. The number of rotatable bonds is 8. The van der Waals surface area contributed by atoms with Crippen molar-refractivity contribution in [2.75, 3.05) is 10.6 Å². The third-order valence-electron chi connectivity index (χ3n) is 8.73. The SMILES string of the molecule is O=C(Nc1cccnn1)C1=CN(Cc2cccc(NC(=O)c3cnc4ccc(-c5ccccc5C(F)(F)F)nn34)n2)C2=CC=C(c3ccccc3C(F)(F)F)NN12. The van der Waals surface area contributed by atoms with Gasteiger partial charge in [-0.2, -0.15) is 36.5 Å². The number of alkyl halides is 6. The van der Waals surface area contributed by atoms with Crippen LogP contribution < -0.4 is 16.1 Å². The zero-order valence-electron chi connectivity index (χ0n) is 28.9. The summed E-state index contributed by atoms with van der Waals surface area (Å²) < 4.78 is 84.3. The van der Waals surface area contributed by atoms with E-state index < -0.39 is 35.3 Å². The number of hydrogen-bond donors (Lipinski definition) is 3. The van der Waals surface area contributed by atoms with Crippen LogP contribution in [0.4, 0.5) is 38.0 Å². The quantitative estimate of drug-likeness (QED) is 0.140. The van der Waals surface area contributed by atoms with Gasteiger partial charge >= 0.3 is 12.4 Å². The molecular formula is C38H25F6N11O2. The summed E-state index contributed by atoms with van der Waals surface area (Å²) in [6.07, 6.45) is -2.16. The zero-order valence-corrected chi connectivity index (χ0v) is 28.9. The highest BCUT2D eigenvalue weighted by atomic mass is 19.4. The Labute approximate surface area is 317 Å². The second-order valence-electron chi connectivity index (χ2n) is 12.4. The molecule has 0 bridgehead atoms. The number of fused-ring (bicyclic) bond motifs is 2. The predicted octanol–water partition coefficient (Wildman–Crippen LogP) is 6.87. The maximum atomic E-state index is 14.0. The van der Waals surface area contributed by atoms with Crippen LogP contribution in [0.5, 0.6) is 0 Å². The molecule has 4 aromatic heterocycles. The number of imidazole rings is 1. The van der Waals surface area contributed by atoms with Crippen LogP contribution >= 0.6 is 0 Å². The summed E-state index contributed by atoms with van der Waals surface area (Å²) in [7, 11) is 0. The summed E-state index contributed by atoms with van der Waals surface area (Å²) in [5.41, 5.74) is 1.46. The first-order valence-electron chi connectivity index (χ1n) is 16.8. The highest BCUT2D eigenvalue weighted by molar-refractivity contribution is 6.04. The molecule has 0 atom stereocenters. The number of hydrazine groups is 1. The van der Waals surface area contributed by atoms with Gasteiger partial charge in [-0.25, -0.2) is 19.5 Å². The number of amides is 2. The molecule has 0 saturated heterocycles. The Kier molecular flexibility index (Phi) is 9.10. The van der Waals surface area contributed by atoms with Gasteiger partial charge in [-0.05, 0) is 60.7 Å². The minimum Gasteiger partial charge on any atom is -0.325 e. The lowest BCUT2D eigenvalue weighted by molar-refractivity contribution is -0.138. The van der Waals surface area contributed by atoms with Crippen molar-refractivity contribution in [2.24, 2.45) is 0 Å². The van der Waals surface area contributed by atoms with Crippen molar-refractivity contribution in [3.8, 4) is 11.3 Å². The van der Waals surface area contributed by atoms with E-state index in [1.807, 2.05) is 0 Å². The van der Waals surface area contributed by atoms with Crippen molar-refractivity contribution in [3.63, 3.8) is 0 Å². The van der Waals surface area contributed by atoms with Crippen LogP contribution in [0.25, 0.3) is 22.6 Å². The minimum absolute atomic E-state index is 0.00351. The van der Waals surface area contributed by atoms with Crippen molar-refractivity contribution in [2.45, 2.75) is 18.9 Å². The first-order valence-corrected chi connectivity index (χ1v) is 16.8. The van der Waals surface area contributed by atoms with Crippen molar-refractivity contribution in [1.82, 2.24) is 45.1 Å². The predicted molar refractivity (Wildman–Crippen MR) is 192 cm³/mol. The third-order valence-corrected chi connectivity index (χ3v) is 8.73. The molecule has 0 spiro atoms. The number of pyridine rings is 1. The highest BCUT2D eigenvalue weighted by Gasteiger charge is 2.38. The van der Waals surface area contributed by atoms with Crippen molar-refractivity contribution >= 4 is 34.8 Å². The van der Waals surface area contributed by atoms with Gasteiger partial charge in [0.2, 0.25) is 0 Å². The van der Waals surface area contributed by atoms with Crippen LogP contribution in [0.3, 0.4) is 0 Å². The summed E-state index contributed by atoms with van der Waals surface area (Å²) in [5, 5.41) is 18.6. The molecule has 0 saturated carbocycles. The van der Waals surface area contributed by atoms with Gasteiger partial charge in [0.25, 0.3) is 11.8 Å². The monoisotopic (exact) mass is 781 g/mol. The number of nitrogens with one attached hydrogen (secondary N) is 3. The molecular weight excluding hydrogens is 756 g/mol. The fourth-order valence-electron chi connectivity index (χ4n) is 6.19. The lowest BCUT2D eigenvalue weighted by Crippen LogP contribution is -2.40. The molecule has 2 amide bonds. The average Bonchev–Trinajstić information content (AvgIpc) is 3.79. The fraction of sp³-hybridized carbons (Fsp3) is 0.0789. The van der Waals surface area contributed by atoms with Crippen LogP contribution in [-0.2, 0) is 23.7 Å². The maximum absolute atomic E-state index is 14.0. The molecule has 8 rings (SSSR count). The first kappa shape index (κ1) is 36.4.